The second-order valence-electron chi connectivity index (χ2n) is 6.39. The molecule has 3 unspecified atom stereocenters. The smallest absolute Gasteiger partial charge is 0.244 e. The number of ether oxygens (including phenoxy) is 1. The van der Waals surface area contributed by atoms with Gasteiger partial charge in [0.1, 0.15) is 11.6 Å². The van der Waals surface area contributed by atoms with Crippen LogP contribution in [-0.2, 0) is 14.3 Å². The van der Waals surface area contributed by atoms with Gasteiger partial charge >= 0.3 is 0 Å². The first-order chi connectivity index (χ1) is 9.61. The van der Waals surface area contributed by atoms with E-state index in [0.717, 1.165) is 0 Å². The third-order valence-corrected chi connectivity index (χ3v) is 4.80. The predicted octanol–water partition coefficient (Wildman–Crippen LogP) is 0.502. The molecule has 0 aromatic rings. The van der Waals surface area contributed by atoms with Crippen LogP contribution in [0.1, 0.15) is 41.0 Å². The van der Waals surface area contributed by atoms with Gasteiger partial charge in [0.2, 0.25) is 11.8 Å². The Labute approximate surface area is 127 Å². The van der Waals surface area contributed by atoms with Gasteiger partial charge in [-0.1, -0.05) is 13.8 Å². The lowest BCUT2D eigenvalue weighted by Gasteiger charge is -2.57. The average molecular weight is 299 g/mol. The maximum Gasteiger partial charge on any atom is 0.244 e. The fourth-order valence-corrected chi connectivity index (χ4v) is 2.69. The maximum atomic E-state index is 12.5. The molecule has 1 fully saturated rings. The Bertz CT molecular complexity index is 411. The van der Waals surface area contributed by atoms with E-state index in [1.807, 2.05) is 27.7 Å². The van der Waals surface area contributed by atoms with Crippen LogP contribution in [0.4, 0.5) is 0 Å². The van der Waals surface area contributed by atoms with Crippen LogP contribution in [0.2, 0.25) is 0 Å². The number of rotatable bonds is 6. The van der Waals surface area contributed by atoms with Crippen molar-refractivity contribution in [3.8, 4) is 0 Å². The second-order valence-corrected chi connectivity index (χ2v) is 6.39. The Hall–Kier alpha value is -1.14. The number of carbonyl (C=O) groups excluding carboxylic acids is 2. The van der Waals surface area contributed by atoms with Gasteiger partial charge in [0.15, 0.2) is 0 Å². The normalized spacial score (nSPS) is 28.4. The molecular formula is C15H29N3O3. The van der Waals surface area contributed by atoms with Crippen LogP contribution in [0.3, 0.4) is 0 Å². The molecule has 3 N–H and O–H groups in total. The largest absolute Gasteiger partial charge is 0.378 e. The molecule has 2 amide bonds. The standard InChI is InChI=1S/C15H29N3O3/c1-7-18(6)12(19)10(3)17-13(20)15(16)9-11(21-8-2)14(15,4)5/h10-11H,7-9,16H2,1-6H3,(H,17,20). The summed E-state index contributed by atoms with van der Waals surface area (Å²) in [5, 5.41) is 2.74. The van der Waals surface area contributed by atoms with Gasteiger partial charge in [-0.3, -0.25) is 9.59 Å². The lowest BCUT2D eigenvalue weighted by molar-refractivity contribution is -0.171. The van der Waals surface area contributed by atoms with Crippen molar-refractivity contribution in [2.75, 3.05) is 20.2 Å². The average Bonchev–Trinajstić information content (AvgIpc) is 2.44. The molecule has 1 saturated carbocycles. The van der Waals surface area contributed by atoms with E-state index >= 15 is 0 Å². The summed E-state index contributed by atoms with van der Waals surface area (Å²) >= 11 is 0. The summed E-state index contributed by atoms with van der Waals surface area (Å²) < 4.78 is 5.61. The Kier molecular flexibility index (Phi) is 5.39. The van der Waals surface area contributed by atoms with Gasteiger partial charge in [-0.25, -0.2) is 0 Å². The molecule has 0 aliphatic heterocycles. The van der Waals surface area contributed by atoms with Gasteiger partial charge in [0, 0.05) is 32.0 Å². The van der Waals surface area contributed by atoms with E-state index in [1.54, 1.807) is 18.9 Å². The Balaban J connectivity index is 2.70. The molecule has 0 bridgehead atoms. The molecule has 0 aromatic heterocycles. The van der Waals surface area contributed by atoms with E-state index in [-0.39, 0.29) is 17.9 Å². The number of carbonyl (C=O) groups is 2. The van der Waals surface area contributed by atoms with Crippen LogP contribution in [0.25, 0.3) is 0 Å². The topological polar surface area (TPSA) is 84.7 Å². The zero-order valence-corrected chi connectivity index (χ0v) is 14.0. The Morgan fingerprint density at radius 3 is 2.43 bits per heavy atom. The third kappa shape index (κ3) is 3.06. The van der Waals surface area contributed by atoms with Crippen molar-refractivity contribution in [1.82, 2.24) is 10.2 Å². The molecule has 0 spiro atoms. The number of hydrogen-bond donors (Lipinski definition) is 2. The van der Waals surface area contributed by atoms with Crippen molar-refractivity contribution in [3.05, 3.63) is 0 Å². The van der Waals surface area contributed by atoms with Gasteiger partial charge in [0.05, 0.1) is 6.10 Å². The van der Waals surface area contributed by atoms with E-state index in [0.29, 0.717) is 19.6 Å². The summed E-state index contributed by atoms with van der Waals surface area (Å²) in [6, 6.07) is -0.579. The van der Waals surface area contributed by atoms with Gasteiger partial charge in [-0.2, -0.15) is 0 Å². The van der Waals surface area contributed by atoms with E-state index in [2.05, 4.69) is 5.32 Å². The van der Waals surface area contributed by atoms with E-state index in [4.69, 9.17) is 10.5 Å². The minimum Gasteiger partial charge on any atom is -0.378 e. The third-order valence-electron chi connectivity index (χ3n) is 4.80. The summed E-state index contributed by atoms with van der Waals surface area (Å²) in [4.78, 5) is 26.1. The fraction of sp³-hybridized carbons (Fsp3) is 0.867. The highest BCUT2D eigenvalue weighted by molar-refractivity contribution is 5.93. The molecule has 6 nitrogen and oxygen atoms in total. The van der Waals surface area contributed by atoms with Crippen molar-refractivity contribution in [2.45, 2.75) is 58.7 Å². The Morgan fingerprint density at radius 1 is 1.43 bits per heavy atom. The first-order valence-electron chi connectivity index (χ1n) is 7.58. The molecule has 0 radical (unpaired) electrons. The van der Waals surface area contributed by atoms with Crippen molar-refractivity contribution >= 4 is 11.8 Å². The van der Waals surface area contributed by atoms with Crippen molar-refractivity contribution in [2.24, 2.45) is 11.1 Å². The van der Waals surface area contributed by atoms with Crippen molar-refractivity contribution in [1.29, 1.82) is 0 Å². The molecule has 122 valence electrons. The lowest BCUT2D eigenvalue weighted by Crippen LogP contribution is -2.76. The van der Waals surface area contributed by atoms with Crippen LogP contribution >= 0.6 is 0 Å². The first-order valence-corrected chi connectivity index (χ1v) is 7.58. The summed E-state index contributed by atoms with van der Waals surface area (Å²) in [5.41, 5.74) is 4.84. The second kappa shape index (κ2) is 6.32. The number of nitrogens with two attached hydrogens (primary N) is 1. The quantitative estimate of drug-likeness (QED) is 0.748. The van der Waals surface area contributed by atoms with Gasteiger partial charge in [-0.05, 0) is 20.8 Å². The minimum atomic E-state index is -0.994. The van der Waals surface area contributed by atoms with Gasteiger partial charge in [0.25, 0.3) is 0 Å². The van der Waals surface area contributed by atoms with Gasteiger partial charge in [-0.15, -0.1) is 0 Å². The first kappa shape index (κ1) is 17.9. The SMILES string of the molecule is CCOC1CC(N)(C(=O)NC(C)C(=O)N(C)CC)C1(C)C. The van der Waals surface area contributed by atoms with Crippen molar-refractivity contribution < 1.29 is 14.3 Å². The highest BCUT2D eigenvalue weighted by atomic mass is 16.5. The number of hydrogen-bond acceptors (Lipinski definition) is 4. The number of likely N-dealkylation sites (N-methyl/N-ethyl adjacent to an activating group) is 1. The highest BCUT2D eigenvalue weighted by Gasteiger charge is 2.63. The van der Waals surface area contributed by atoms with Crippen LogP contribution in [0, 0.1) is 5.41 Å². The van der Waals surface area contributed by atoms with Crippen LogP contribution in [0.15, 0.2) is 0 Å². The molecule has 0 aromatic carbocycles. The zero-order valence-electron chi connectivity index (χ0n) is 14.0. The predicted molar refractivity (Wildman–Crippen MR) is 81.6 cm³/mol. The molecular weight excluding hydrogens is 270 g/mol. The van der Waals surface area contributed by atoms with E-state index in [1.165, 1.54) is 0 Å². The molecule has 0 saturated heterocycles. The molecule has 1 aliphatic carbocycles. The van der Waals surface area contributed by atoms with Crippen LogP contribution in [-0.4, -0.2) is 54.6 Å². The Morgan fingerprint density at radius 2 is 2.00 bits per heavy atom. The van der Waals surface area contributed by atoms with E-state index < -0.39 is 17.0 Å². The zero-order chi connectivity index (χ0) is 16.4. The fourth-order valence-electron chi connectivity index (χ4n) is 2.69. The molecule has 1 rings (SSSR count). The monoisotopic (exact) mass is 299 g/mol. The molecule has 21 heavy (non-hydrogen) atoms. The molecule has 0 heterocycles. The molecule has 1 aliphatic rings. The summed E-state index contributed by atoms with van der Waals surface area (Å²) in [5.74, 6) is -0.401. The number of nitrogens with zero attached hydrogens (tertiary/aromatic N) is 1. The summed E-state index contributed by atoms with van der Waals surface area (Å²) in [7, 11) is 1.71. The summed E-state index contributed by atoms with van der Waals surface area (Å²) in [6.07, 6.45) is 0.451. The van der Waals surface area contributed by atoms with Gasteiger partial charge < -0.3 is 20.7 Å². The molecule has 6 heteroatoms. The number of amides is 2. The molecule has 3 atom stereocenters. The summed E-state index contributed by atoms with van der Waals surface area (Å²) in [6.45, 7) is 10.6. The maximum absolute atomic E-state index is 12.5. The van der Waals surface area contributed by atoms with Crippen LogP contribution < -0.4 is 11.1 Å². The number of nitrogens with one attached hydrogen (secondary N) is 1. The van der Waals surface area contributed by atoms with Crippen LogP contribution in [0.5, 0.6) is 0 Å². The van der Waals surface area contributed by atoms with E-state index in [9.17, 15) is 9.59 Å². The highest BCUT2D eigenvalue weighted by Crippen LogP contribution is 2.49. The van der Waals surface area contributed by atoms with Crippen molar-refractivity contribution in [3.63, 3.8) is 0 Å². The lowest BCUT2D eigenvalue weighted by atomic mass is 9.54. The minimum absolute atomic E-state index is 0.0254.